The van der Waals surface area contributed by atoms with Crippen LogP contribution in [0.5, 0.6) is 11.8 Å². The molecule has 3 heterocycles. The molecule has 0 fully saturated rings. The summed E-state index contributed by atoms with van der Waals surface area (Å²) in [6.45, 7) is 0. The quantitative estimate of drug-likeness (QED) is 0.596. The summed E-state index contributed by atoms with van der Waals surface area (Å²) in [5, 5.41) is 0. The molecule has 0 atom stereocenters. The Morgan fingerprint density at radius 2 is 1.88 bits per heavy atom. The number of nitrogens with one attached hydrogen (secondary N) is 2. The van der Waals surface area contributed by atoms with Crippen molar-refractivity contribution >= 4 is 23.1 Å². The molecule has 0 aliphatic carbocycles. The Hall–Kier alpha value is -3.61. The summed E-state index contributed by atoms with van der Waals surface area (Å²) in [6, 6.07) is 15.4. The number of aliphatic imine (C=N–C) groups is 1. The molecule has 5 rings (SSSR count). The molecule has 1 aliphatic rings. The molecule has 0 radical (unpaired) electrons. The number of aryl methyl sites for hydroxylation is 1. The fourth-order valence-electron chi connectivity index (χ4n) is 3.13. The number of fused-ring (bicyclic) bond motifs is 2. The van der Waals surface area contributed by atoms with E-state index in [1.54, 1.807) is 16.7 Å². The molecule has 26 heavy (non-hydrogen) atoms. The van der Waals surface area contributed by atoms with Crippen LogP contribution in [0.25, 0.3) is 16.7 Å². The number of benzene rings is 2. The first-order valence-corrected chi connectivity index (χ1v) is 8.37. The third-order valence-corrected chi connectivity index (χ3v) is 4.36. The van der Waals surface area contributed by atoms with Gasteiger partial charge in [0.15, 0.2) is 5.82 Å². The van der Waals surface area contributed by atoms with Crippen LogP contribution in [0.15, 0.2) is 58.3 Å². The normalized spacial score (nSPS) is 13.1. The van der Waals surface area contributed by atoms with Crippen LogP contribution in [0.3, 0.4) is 0 Å². The van der Waals surface area contributed by atoms with Crippen LogP contribution in [0.2, 0.25) is 0 Å². The van der Waals surface area contributed by atoms with E-state index in [0.717, 1.165) is 35.3 Å². The first-order valence-electron chi connectivity index (χ1n) is 8.37. The van der Waals surface area contributed by atoms with Gasteiger partial charge >= 0.3 is 5.69 Å². The summed E-state index contributed by atoms with van der Waals surface area (Å²) >= 11 is 0. The molecular formula is C19H15N5O2. The van der Waals surface area contributed by atoms with Crippen molar-refractivity contribution in [2.75, 3.05) is 0 Å². The Morgan fingerprint density at radius 1 is 1.04 bits per heavy atom. The summed E-state index contributed by atoms with van der Waals surface area (Å²) in [7, 11) is 0. The zero-order valence-electron chi connectivity index (χ0n) is 13.8. The molecule has 2 N–H and O–H groups in total. The number of hydrogen-bond acceptors (Lipinski definition) is 4. The van der Waals surface area contributed by atoms with Gasteiger partial charge in [0.1, 0.15) is 5.75 Å². The highest BCUT2D eigenvalue weighted by molar-refractivity contribution is 5.75. The van der Waals surface area contributed by atoms with E-state index in [9.17, 15) is 4.79 Å². The number of para-hydroxylation sites is 2. The predicted octanol–water partition coefficient (Wildman–Crippen LogP) is 3.48. The molecule has 0 spiro atoms. The van der Waals surface area contributed by atoms with Gasteiger partial charge < -0.3 is 14.7 Å². The molecule has 2 aromatic heterocycles. The lowest BCUT2D eigenvalue weighted by Crippen LogP contribution is -2.14. The van der Waals surface area contributed by atoms with Crippen LogP contribution in [-0.2, 0) is 6.42 Å². The largest absolute Gasteiger partial charge is 0.426 e. The van der Waals surface area contributed by atoms with E-state index in [2.05, 4.69) is 19.9 Å². The first kappa shape index (κ1) is 14.7. The first-order chi connectivity index (χ1) is 12.8. The topological polar surface area (TPSA) is 88.1 Å². The lowest BCUT2D eigenvalue weighted by atomic mass is 10.2. The predicted molar refractivity (Wildman–Crippen MR) is 99.0 cm³/mol. The Labute approximate surface area is 148 Å². The lowest BCUT2D eigenvalue weighted by Gasteiger charge is -2.09. The number of hydrogen-bond donors (Lipinski definition) is 2. The minimum absolute atomic E-state index is 0.181. The van der Waals surface area contributed by atoms with E-state index < -0.39 is 0 Å². The SMILES string of the molecule is O=c1[nH]c2c(n1-c1ccc(Oc3nc4ccccc4[nH]3)cc1)N=CCC2. The summed E-state index contributed by atoms with van der Waals surface area (Å²) in [6.07, 6.45) is 3.48. The van der Waals surface area contributed by atoms with E-state index in [0.29, 0.717) is 17.6 Å². The highest BCUT2D eigenvalue weighted by Gasteiger charge is 2.16. The van der Waals surface area contributed by atoms with Crippen molar-refractivity contribution in [1.29, 1.82) is 0 Å². The summed E-state index contributed by atoms with van der Waals surface area (Å²) < 4.78 is 7.37. The lowest BCUT2D eigenvalue weighted by molar-refractivity contribution is 0.449. The number of imidazole rings is 2. The second-order valence-electron chi connectivity index (χ2n) is 6.07. The van der Waals surface area contributed by atoms with Crippen LogP contribution >= 0.6 is 0 Å². The zero-order valence-corrected chi connectivity index (χ0v) is 13.8. The monoisotopic (exact) mass is 345 g/mol. The van der Waals surface area contributed by atoms with Gasteiger partial charge in [-0.2, -0.15) is 4.98 Å². The van der Waals surface area contributed by atoms with E-state index in [-0.39, 0.29) is 5.69 Å². The fraction of sp³-hybridized carbons (Fsp3) is 0.105. The average Bonchev–Trinajstić information content (AvgIpc) is 3.21. The van der Waals surface area contributed by atoms with Crippen LogP contribution in [-0.4, -0.2) is 25.7 Å². The standard InChI is InChI=1S/C19H15N5O2/c25-19-23-16-6-3-11-20-17(16)24(19)12-7-9-13(10-8-12)26-18-21-14-4-1-2-5-15(14)22-18/h1-2,4-5,7-11H,3,6H2,(H,21,22)(H,23,25). The van der Waals surface area contributed by atoms with Gasteiger partial charge in [-0.15, -0.1) is 0 Å². The molecular weight excluding hydrogens is 330 g/mol. The minimum atomic E-state index is -0.181. The smallest absolute Gasteiger partial charge is 0.332 e. The Balaban J connectivity index is 1.45. The molecule has 128 valence electrons. The van der Waals surface area contributed by atoms with Crippen molar-refractivity contribution in [2.24, 2.45) is 4.99 Å². The highest BCUT2D eigenvalue weighted by atomic mass is 16.5. The third-order valence-electron chi connectivity index (χ3n) is 4.36. The molecule has 0 bridgehead atoms. The molecule has 7 heteroatoms. The van der Waals surface area contributed by atoms with Crippen molar-refractivity contribution in [3.63, 3.8) is 0 Å². The summed E-state index contributed by atoms with van der Waals surface area (Å²) in [5.74, 6) is 1.31. The Morgan fingerprint density at radius 3 is 2.73 bits per heavy atom. The van der Waals surface area contributed by atoms with Gasteiger partial charge in [0.25, 0.3) is 6.01 Å². The van der Waals surface area contributed by atoms with Crippen LogP contribution in [0, 0.1) is 0 Å². The van der Waals surface area contributed by atoms with Gasteiger partial charge in [-0.25, -0.2) is 14.4 Å². The second-order valence-corrected chi connectivity index (χ2v) is 6.07. The van der Waals surface area contributed by atoms with E-state index in [1.165, 1.54) is 0 Å². The van der Waals surface area contributed by atoms with Gasteiger partial charge in [0.05, 0.1) is 22.4 Å². The van der Waals surface area contributed by atoms with Crippen LogP contribution < -0.4 is 10.4 Å². The van der Waals surface area contributed by atoms with Gasteiger partial charge in [0.2, 0.25) is 0 Å². The van der Waals surface area contributed by atoms with E-state index in [4.69, 9.17) is 4.74 Å². The maximum atomic E-state index is 12.3. The Kier molecular flexibility index (Phi) is 3.24. The number of aromatic amines is 2. The summed E-state index contributed by atoms with van der Waals surface area (Å²) in [5.41, 5.74) is 3.20. The maximum absolute atomic E-state index is 12.3. The second kappa shape index (κ2) is 5.73. The van der Waals surface area contributed by atoms with E-state index >= 15 is 0 Å². The number of aromatic nitrogens is 4. The van der Waals surface area contributed by atoms with Crippen LogP contribution in [0.4, 0.5) is 5.82 Å². The van der Waals surface area contributed by atoms with Crippen LogP contribution in [0.1, 0.15) is 12.1 Å². The average molecular weight is 345 g/mol. The number of ether oxygens (including phenoxy) is 1. The number of nitrogens with zero attached hydrogens (tertiary/aromatic N) is 3. The molecule has 0 amide bonds. The zero-order chi connectivity index (χ0) is 17.5. The molecule has 0 unspecified atom stereocenters. The van der Waals surface area contributed by atoms with Crippen molar-refractivity contribution < 1.29 is 4.74 Å². The maximum Gasteiger partial charge on any atom is 0.332 e. The number of H-pyrrole nitrogens is 2. The third kappa shape index (κ3) is 2.41. The molecule has 7 nitrogen and oxygen atoms in total. The van der Waals surface area contributed by atoms with Crippen molar-refractivity contribution in [1.82, 2.24) is 19.5 Å². The van der Waals surface area contributed by atoms with E-state index in [1.807, 2.05) is 42.6 Å². The molecule has 1 aliphatic heterocycles. The number of rotatable bonds is 3. The summed E-state index contributed by atoms with van der Waals surface area (Å²) in [4.78, 5) is 27.0. The minimum Gasteiger partial charge on any atom is -0.426 e. The Bertz CT molecular complexity index is 1150. The molecule has 0 saturated carbocycles. The van der Waals surface area contributed by atoms with Gasteiger partial charge in [-0.1, -0.05) is 12.1 Å². The van der Waals surface area contributed by atoms with Gasteiger partial charge in [-0.05, 0) is 49.2 Å². The highest BCUT2D eigenvalue weighted by Crippen LogP contribution is 2.26. The van der Waals surface area contributed by atoms with Crippen molar-refractivity contribution in [2.45, 2.75) is 12.8 Å². The van der Waals surface area contributed by atoms with Crippen molar-refractivity contribution in [3.8, 4) is 17.4 Å². The fourth-order valence-corrected chi connectivity index (χ4v) is 3.13. The van der Waals surface area contributed by atoms with Gasteiger partial charge in [-0.3, -0.25) is 0 Å². The van der Waals surface area contributed by atoms with Crippen molar-refractivity contribution in [3.05, 3.63) is 64.7 Å². The molecule has 4 aromatic rings. The molecule has 2 aromatic carbocycles. The molecule has 0 saturated heterocycles. The van der Waals surface area contributed by atoms with Gasteiger partial charge in [0, 0.05) is 6.21 Å².